The van der Waals surface area contributed by atoms with Gasteiger partial charge in [-0.25, -0.2) is 10.8 Å². The first-order valence-corrected chi connectivity index (χ1v) is 6.96. The van der Waals surface area contributed by atoms with Crippen LogP contribution in [0.5, 0.6) is 5.88 Å². The fourth-order valence-corrected chi connectivity index (χ4v) is 1.82. The van der Waals surface area contributed by atoms with Crippen molar-refractivity contribution in [3.05, 3.63) is 11.8 Å². The van der Waals surface area contributed by atoms with E-state index in [4.69, 9.17) is 10.6 Å². The van der Waals surface area contributed by atoms with Crippen LogP contribution in [0.25, 0.3) is 0 Å². The van der Waals surface area contributed by atoms with Crippen LogP contribution in [0, 0.1) is 0 Å². The van der Waals surface area contributed by atoms with Crippen LogP contribution in [0.15, 0.2) is 6.07 Å². The molecule has 0 aromatic carbocycles. The van der Waals surface area contributed by atoms with Gasteiger partial charge >= 0.3 is 6.18 Å². The number of alkyl halides is 3. The third-order valence-corrected chi connectivity index (χ3v) is 2.91. The van der Waals surface area contributed by atoms with E-state index < -0.39 is 11.9 Å². The van der Waals surface area contributed by atoms with E-state index in [2.05, 4.69) is 16.9 Å². The van der Waals surface area contributed by atoms with Crippen molar-refractivity contribution in [2.75, 3.05) is 5.43 Å². The highest BCUT2D eigenvalue weighted by molar-refractivity contribution is 5.30. The lowest BCUT2D eigenvalue weighted by Gasteiger charge is -2.15. The Kier molecular flexibility index (Phi) is 6.67. The zero-order valence-corrected chi connectivity index (χ0v) is 12.2. The molecule has 1 atom stereocenters. The molecule has 0 aliphatic rings. The molecular weight excluding hydrogens is 285 g/mol. The van der Waals surface area contributed by atoms with Crippen LogP contribution >= 0.6 is 0 Å². The normalized spacial score (nSPS) is 13.0. The highest BCUT2D eigenvalue weighted by atomic mass is 19.4. The van der Waals surface area contributed by atoms with E-state index in [0.29, 0.717) is 0 Å². The molecule has 0 aliphatic heterocycles. The molecule has 0 radical (unpaired) electrons. The Hall–Kier alpha value is -1.57. The topological polar surface area (TPSA) is 73.1 Å². The second-order valence-corrected chi connectivity index (χ2v) is 4.83. The summed E-state index contributed by atoms with van der Waals surface area (Å²) in [5, 5.41) is 0. The van der Waals surface area contributed by atoms with Gasteiger partial charge < -0.3 is 4.74 Å². The monoisotopic (exact) mass is 306 g/mol. The van der Waals surface area contributed by atoms with Gasteiger partial charge in [-0.1, -0.05) is 26.2 Å². The number of aromatic nitrogens is 2. The average molecular weight is 306 g/mol. The van der Waals surface area contributed by atoms with E-state index in [-0.39, 0.29) is 17.9 Å². The zero-order valence-electron chi connectivity index (χ0n) is 12.2. The first-order chi connectivity index (χ1) is 9.86. The Morgan fingerprint density at radius 2 is 2.00 bits per heavy atom. The van der Waals surface area contributed by atoms with Gasteiger partial charge in [0.2, 0.25) is 11.8 Å². The molecule has 0 amide bonds. The summed E-state index contributed by atoms with van der Waals surface area (Å²) in [6.07, 6.45) is 0.282. The Bertz CT molecular complexity index is 440. The third kappa shape index (κ3) is 6.16. The number of ether oxygens (including phenoxy) is 1. The molecular formula is C13H21F3N4O. The van der Waals surface area contributed by atoms with Gasteiger partial charge in [0.15, 0.2) is 5.69 Å². The summed E-state index contributed by atoms with van der Waals surface area (Å²) in [4.78, 5) is 7.05. The van der Waals surface area contributed by atoms with Crippen LogP contribution in [0.1, 0.15) is 51.6 Å². The summed E-state index contributed by atoms with van der Waals surface area (Å²) in [5.41, 5.74) is 0.926. The van der Waals surface area contributed by atoms with Gasteiger partial charge in [-0.05, 0) is 19.8 Å². The zero-order chi connectivity index (χ0) is 15.9. The number of nitrogens with zero attached hydrogens (tertiary/aromatic N) is 2. The van der Waals surface area contributed by atoms with Crippen LogP contribution in [-0.4, -0.2) is 16.1 Å². The fourth-order valence-electron chi connectivity index (χ4n) is 1.82. The van der Waals surface area contributed by atoms with Crippen molar-refractivity contribution < 1.29 is 17.9 Å². The number of unbranched alkanes of at least 4 members (excludes halogenated alkanes) is 3. The summed E-state index contributed by atoms with van der Waals surface area (Å²) in [7, 11) is 0. The van der Waals surface area contributed by atoms with Gasteiger partial charge in [-0.15, -0.1) is 0 Å². The average Bonchev–Trinajstić information content (AvgIpc) is 2.42. The molecule has 0 saturated heterocycles. The second kappa shape index (κ2) is 8.02. The Morgan fingerprint density at radius 1 is 1.29 bits per heavy atom. The van der Waals surface area contributed by atoms with Crippen molar-refractivity contribution in [3.63, 3.8) is 0 Å². The summed E-state index contributed by atoms with van der Waals surface area (Å²) in [6.45, 7) is 3.91. The number of halogens is 3. The molecule has 0 saturated carbocycles. The molecule has 0 fully saturated rings. The summed E-state index contributed by atoms with van der Waals surface area (Å²) < 4.78 is 43.5. The number of nitrogen functional groups attached to an aromatic ring is 1. The third-order valence-electron chi connectivity index (χ3n) is 2.91. The minimum Gasteiger partial charge on any atom is -0.475 e. The predicted molar refractivity (Wildman–Crippen MR) is 73.7 cm³/mol. The Morgan fingerprint density at radius 3 is 2.57 bits per heavy atom. The number of hydrogen-bond donors (Lipinski definition) is 2. The molecule has 1 rings (SSSR count). The number of anilines is 1. The van der Waals surface area contributed by atoms with Crippen LogP contribution < -0.4 is 16.0 Å². The first-order valence-electron chi connectivity index (χ1n) is 6.96. The molecule has 1 aromatic heterocycles. The lowest BCUT2D eigenvalue weighted by molar-refractivity contribution is -0.141. The predicted octanol–water partition coefficient (Wildman–Crippen LogP) is 3.52. The largest absolute Gasteiger partial charge is 0.475 e. The lowest BCUT2D eigenvalue weighted by Crippen LogP contribution is -2.18. The van der Waals surface area contributed by atoms with Crippen LogP contribution in [-0.2, 0) is 6.18 Å². The van der Waals surface area contributed by atoms with E-state index in [1.807, 2.05) is 5.43 Å². The Balaban J connectivity index is 2.69. The highest BCUT2D eigenvalue weighted by Gasteiger charge is 2.34. The SMILES string of the molecule is CCCCCCC(C)Oc1cc(C(F)(F)F)nc(NN)n1. The highest BCUT2D eigenvalue weighted by Crippen LogP contribution is 2.30. The molecule has 21 heavy (non-hydrogen) atoms. The Labute approximate surface area is 122 Å². The van der Waals surface area contributed by atoms with Gasteiger partial charge in [0.1, 0.15) is 0 Å². The van der Waals surface area contributed by atoms with Crippen molar-refractivity contribution >= 4 is 5.95 Å². The van der Waals surface area contributed by atoms with Crippen molar-refractivity contribution in [1.82, 2.24) is 9.97 Å². The van der Waals surface area contributed by atoms with E-state index in [1.165, 1.54) is 0 Å². The maximum atomic E-state index is 12.7. The molecule has 5 nitrogen and oxygen atoms in total. The minimum absolute atomic E-state index is 0.131. The molecule has 8 heteroatoms. The van der Waals surface area contributed by atoms with E-state index in [1.54, 1.807) is 6.92 Å². The number of hydrazine groups is 1. The van der Waals surface area contributed by atoms with Gasteiger partial charge in [-0.3, -0.25) is 5.43 Å². The fraction of sp³-hybridized carbons (Fsp3) is 0.692. The summed E-state index contributed by atoms with van der Waals surface area (Å²) in [6, 6.07) is 0.781. The molecule has 0 bridgehead atoms. The van der Waals surface area contributed by atoms with E-state index in [9.17, 15) is 13.2 Å². The number of nitrogens with one attached hydrogen (secondary N) is 1. The quantitative estimate of drug-likeness (QED) is 0.437. The summed E-state index contributed by atoms with van der Waals surface area (Å²) in [5.74, 6) is 4.62. The van der Waals surface area contributed by atoms with Gasteiger partial charge in [0.25, 0.3) is 0 Å². The molecule has 1 aromatic rings. The number of rotatable bonds is 8. The molecule has 3 N–H and O–H groups in total. The number of nitrogens with two attached hydrogens (primary N) is 1. The van der Waals surface area contributed by atoms with Crippen LogP contribution in [0.4, 0.5) is 19.1 Å². The van der Waals surface area contributed by atoms with Crippen LogP contribution in [0.2, 0.25) is 0 Å². The minimum atomic E-state index is -4.57. The summed E-state index contributed by atoms with van der Waals surface area (Å²) >= 11 is 0. The van der Waals surface area contributed by atoms with Crippen molar-refractivity contribution in [2.24, 2.45) is 5.84 Å². The van der Waals surface area contributed by atoms with E-state index in [0.717, 1.165) is 38.2 Å². The van der Waals surface area contributed by atoms with Crippen LogP contribution in [0.3, 0.4) is 0 Å². The molecule has 0 aliphatic carbocycles. The van der Waals surface area contributed by atoms with Crippen molar-refractivity contribution in [2.45, 2.75) is 58.2 Å². The first kappa shape index (κ1) is 17.5. The standard InChI is InChI=1S/C13H21F3N4O/c1-3-4-5-6-7-9(2)21-11-8-10(13(14,15)16)18-12(19-11)20-17/h8-9H,3-7,17H2,1-2H3,(H,18,19,20). The van der Waals surface area contributed by atoms with Gasteiger partial charge in [0, 0.05) is 6.07 Å². The molecule has 1 unspecified atom stereocenters. The molecule has 1 heterocycles. The maximum absolute atomic E-state index is 12.7. The number of hydrogen-bond acceptors (Lipinski definition) is 5. The lowest BCUT2D eigenvalue weighted by atomic mass is 10.1. The van der Waals surface area contributed by atoms with Crippen molar-refractivity contribution in [1.29, 1.82) is 0 Å². The smallest absolute Gasteiger partial charge is 0.433 e. The molecule has 0 spiro atoms. The van der Waals surface area contributed by atoms with Gasteiger partial charge in [0.05, 0.1) is 6.10 Å². The molecule has 120 valence electrons. The van der Waals surface area contributed by atoms with Gasteiger partial charge in [-0.2, -0.15) is 18.2 Å². The second-order valence-electron chi connectivity index (χ2n) is 4.83. The maximum Gasteiger partial charge on any atom is 0.433 e. The van der Waals surface area contributed by atoms with E-state index >= 15 is 0 Å². The van der Waals surface area contributed by atoms with Crippen molar-refractivity contribution in [3.8, 4) is 5.88 Å².